The summed E-state index contributed by atoms with van der Waals surface area (Å²) >= 11 is 2.40. The van der Waals surface area contributed by atoms with Gasteiger partial charge in [0.25, 0.3) is 0 Å². The summed E-state index contributed by atoms with van der Waals surface area (Å²) in [4.78, 5) is 0. The first-order valence-corrected chi connectivity index (χ1v) is 7.89. The first-order chi connectivity index (χ1) is 6.92. The molecule has 0 aromatic heterocycles. The highest BCUT2D eigenvalue weighted by molar-refractivity contribution is 14.1. The molecule has 0 aliphatic rings. The smallest absolute Gasteiger partial charge is 0.121 e. The zero-order chi connectivity index (χ0) is 11.5. The number of aryl methyl sites for hydroxylation is 1. The molecule has 0 aliphatic carbocycles. The van der Waals surface area contributed by atoms with Gasteiger partial charge in [0.05, 0.1) is 0 Å². The Hall–Kier alpha value is -0.0331. The highest BCUT2D eigenvalue weighted by Crippen LogP contribution is 2.23. The summed E-state index contributed by atoms with van der Waals surface area (Å²) < 4.78 is 7.14. The van der Waals surface area contributed by atoms with Crippen LogP contribution >= 0.6 is 22.6 Å². The molecule has 1 rings (SSSR count). The van der Waals surface area contributed by atoms with Gasteiger partial charge >= 0.3 is 0 Å². The van der Waals surface area contributed by atoms with E-state index in [1.807, 2.05) is 0 Å². The molecule has 15 heavy (non-hydrogen) atoms. The van der Waals surface area contributed by atoms with Crippen LogP contribution in [-0.4, -0.2) is 15.8 Å². The van der Waals surface area contributed by atoms with Crippen molar-refractivity contribution in [1.29, 1.82) is 0 Å². The lowest BCUT2D eigenvalue weighted by Gasteiger charge is -2.21. The van der Waals surface area contributed by atoms with Gasteiger partial charge in [-0.3, -0.25) is 0 Å². The molecule has 0 radical (unpaired) electrons. The molecule has 0 aliphatic heterocycles. The van der Waals surface area contributed by atoms with E-state index in [9.17, 15) is 0 Å². The molecule has 0 spiro atoms. The summed E-state index contributed by atoms with van der Waals surface area (Å²) in [6.07, 6.45) is 1.21. The first kappa shape index (κ1) is 13.0. The lowest BCUT2D eigenvalue weighted by Crippen LogP contribution is -2.23. The van der Waals surface area contributed by atoms with Crippen molar-refractivity contribution in [1.82, 2.24) is 0 Å². The molecule has 0 saturated carbocycles. The standard InChI is InChI=1S/C12H19IOSi/c1-12(2,3)14-10-5-4-9(6-7-15)11(13)8-10/h4-5,8H,6-7H2,1-3,15H3. The molecule has 0 amide bonds. The molecule has 0 saturated heterocycles. The number of rotatable bonds is 3. The summed E-state index contributed by atoms with van der Waals surface area (Å²) in [6, 6.07) is 7.74. The van der Waals surface area contributed by atoms with Crippen LogP contribution in [0.25, 0.3) is 0 Å². The van der Waals surface area contributed by atoms with Crippen molar-refractivity contribution in [3.63, 3.8) is 0 Å². The quantitative estimate of drug-likeness (QED) is 0.610. The molecule has 0 bridgehead atoms. The Labute approximate surface area is 109 Å². The predicted octanol–water partition coefficient (Wildman–Crippen LogP) is 2.79. The van der Waals surface area contributed by atoms with E-state index in [0.717, 1.165) is 5.75 Å². The average Bonchev–Trinajstić information content (AvgIpc) is 2.07. The number of ether oxygens (including phenoxy) is 1. The third-order valence-corrected chi connectivity index (χ3v) is 3.47. The van der Waals surface area contributed by atoms with Gasteiger partial charge < -0.3 is 4.74 Å². The van der Waals surface area contributed by atoms with Gasteiger partial charge in [0, 0.05) is 13.8 Å². The van der Waals surface area contributed by atoms with Crippen LogP contribution in [0.1, 0.15) is 26.3 Å². The molecule has 1 nitrogen and oxygen atoms in total. The summed E-state index contributed by atoms with van der Waals surface area (Å²) in [6.45, 7) is 6.22. The van der Waals surface area contributed by atoms with Crippen LogP contribution in [0.2, 0.25) is 6.04 Å². The van der Waals surface area contributed by atoms with Crippen LogP contribution in [0, 0.1) is 3.57 Å². The van der Waals surface area contributed by atoms with Crippen molar-refractivity contribution in [3.8, 4) is 5.75 Å². The van der Waals surface area contributed by atoms with Gasteiger partial charge in [-0.05, 0) is 67.5 Å². The van der Waals surface area contributed by atoms with Crippen molar-refractivity contribution in [2.24, 2.45) is 0 Å². The topological polar surface area (TPSA) is 9.23 Å². The van der Waals surface area contributed by atoms with Gasteiger partial charge in [-0.15, -0.1) is 0 Å². The number of benzene rings is 1. The van der Waals surface area contributed by atoms with Crippen LogP contribution in [0.5, 0.6) is 5.75 Å². The second kappa shape index (κ2) is 5.34. The maximum Gasteiger partial charge on any atom is 0.121 e. The molecule has 1 aromatic carbocycles. The van der Waals surface area contributed by atoms with Crippen LogP contribution < -0.4 is 4.74 Å². The van der Waals surface area contributed by atoms with E-state index in [0.29, 0.717) is 0 Å². The Morgan fingerprint density at radius 3 is 2.47 bits per heavy atom. The lowest BCUT2D eigenvalue weighted by molar-refractivity contribution is 0.131. The molecule has 1 aromatic rings. The van der Waals surface area contributed by atoms with Crippen molar-refractivity contribution in [2.75, 3.05) is 0 Å². The minimum absolute atomic E-state index is 0.109. The Morgan fingerprint density at radius 2 is 2.00 bits per heavy atom. The van der Waals surface area contributed by atoms with E-state index in [1.54, 1.807) is 0 Å². The largest absolute Gasteiger partial charge is 0.488 e. The number of hydrogen-bond acceptors (Lipinski definition) is 1. The Kier molecular flexibility index (Phi) is 4.64. The zero-order valence-electron chi connectivity index (χ0n) is 9.93. The van der Waals surface area contributed by atoms with Crippen LogP contribution in [0.4, 0.5) is 0 Å². The van der Waals surface area contributed by atoms with Gasteiger partial charge in [-0.25, -0.2) is 0 Å². The number of halogens is 1. The first-order valence-electron chi connectivity index (χ1n) is 5.40. The highest BCUT2D eigenvalue weighted by Gasteiger charge is 2.12. The minimum Gasteiger partial charge on any atom is -0.488 e. The summed E-state index contributed by atoms with van der Waals surface area (Å²) in [5, 5.41) is 0. The third-order valence-electron chi connectivity index (χ3n) is 1.97. The van der Waals surface area contributed by atoms with Crippen molar-refractivity contribution in [2.45, 2.75) is 38.8 Å². The molecule has 0 unspecified atom stereocenters. The predicted molar refractivity (Wildman–Crippen MR) is 78.0 cm³/mol. The van der Waals surface area contributed by atoms with Gasteiger partial charge in [0.1, 0.15) is 11.4 Å². The number of hydrogen-bond donors (Lipinski definition) is 0. The molecular weight excluding hydrogens is 315 g/mol. The van der Waals surface area contributed by atoms with E-state index in [1.165, 1.54) is 31.8 Å². The van der Waals surface area contributed by atoms with Gasteiger partial charge in [0.2, 0.25) is 0 Å². The van der Waals surface area contributed by atoms with Crippen molar-refractivity contribution < 1.29 is 4.74 Å². The van der Waals surface area contributed by atoms with E-state index >= 15 is 0 Å². The maximum atomic E-state index is 5.82. The second-order valence-electron chi connectivity index (χ2n) is 4.72. The van der Waals surface area contributed by atoms with Crippen LogP contribution in [-0.2, 0) is 6.42 Å². The third kappa shape index (κ3) is 4.55. The van der Waals surface area contributed by atoms with Crippen molar-refractivity contribution >= 4 is 32.8 Å². The van der Waals surface area contributed by atoms with Crippen LogP contribution in [0.15, 0.2) is 18.2 Å². The molecule has 0 heterocycles. The normalized spacial score (nSPS) is 11.7. The fraction of sp³-hybridized carbons (Fsp3) is 0.500. The second-order valence-corrected chi connectivity index (χ2v) is 6.88. The van der Waals surface area contributed by atoms with E-state index in [-0.39, 0.29) is 5.60 Å². The average molecular weight is 334 g/mol. The van der Waals surface area contributed by atoms with Crippen molar-refractivity contribution in [3.05, 3.63) is 27.3 Å². The Balaban J connectivity index is 2.82. The molecule has 0 atom stereocenters. The van der Waals surface area contributed by atoms with E-state index < -0.39 is 0 Å². The Bertz CT molecular complexity index is 331. The lowest BCUT2D eigenvalue weighted by atomic mass is 10.1. The molecule has 84 valence electrons. The zero-order valence-corrected chi connectivity index (χ0v) is 14.1. The molecular formula is C12H19IOSi. The fourth-order valence-electron chi connectivity index (χ4n) is 1.42. The summed E-state index contributed by atoms with van der Waals surface area (Å²) in [5.41, 5.74) is 1.34. The van der Waals surface area contributed by atoms with Gasteiger partial charge in [0.15, 0.2) is 0 Å². The summed E-state index contributed by atoms with van der Waals surface area (Å²) in [5.74, 6) is 0.976. The van der Waals surface area contributed by atoms with Gasteiger partial charge in [-0.2, -0.15) is 0 Å². The van der Waals surface area contributed by atoms with Gasteiger partial charge in [-0.1, -0.05) is 12.1 Å². The fourth-order valence-corrected chi connectivity index (χ4v) is 2.71. The van der Waals surface area contributed by atoms with E-state index in [2.05, 4.69) is 61.6 Å². The maximum absolute atomic E-state index is 5.82. The molecule has 0 N–H and O–H groups in total. The van der Waals surface area contributed by atoms with Crippen LogP contribution in [0.3, 0.4) is 0 Å². The molecule has 3 heteroatoms. The summed E-state index contributed by atoms with van der Waals surface area (Å²) in [7, 11) is 1.28. The minimum atomic E-state index is -0.109. The SMILES string of the molecule is CC(C)(C)Oc1ccc(CC[SiH3])c(I)c1. The Morgan fingerprint density at radius 1 is 1.33 bits per heavy atom. The highest BCUT2D eigenvalue weighted by atomic mass is 127. The molecule has 0 fully saturated rings. The monoisotopic (exact) mass is 334 g/mol. The van der Waals surface area contributed by atoms with E-state index in [4.69, 9.17) is 4.74 Å².